The number of ether oxygens (including phenoxy) is 2. The molecule has 0 saturated carbocycles. The number of carbonyl (C=O) groups is 1. The van der Waals surface area contributed by atoms with Crippen LogP contribution in [0, 0.1) is 0 Å². The summed E-state index contributed by atoms with van der Waals surface area (Å²) in [6.45, 7) is 4.51. The minimum atomic E-state index is -0.569. The Morgan fingerprint density at radius 2 is 2.19 bits per heavy atom. The number of esters is 1. The van der Waals surface area contributed by atoms with Crippen molar-refractivity contribution in [3.63, 3.8) is 0 Å². The van der Waals surface area contributed by atoms with E-state index in [-0.39, 0.29) is 18.0 Å². The first-order valence-corrected chi connectivity index (χ1v) is 6.63. The van der Waals surface area contributed by atoms with Crippen LogP contribution in [-0.2, 0) is 4.74 Å². The van der Waals surface area contributed by atoms with Gasteiger partial charge in [-0.2, -0.15) is 10.1 Å². The largest absolute Gasteiger partial charge is 0.477 e. The van der Waals surface area contributed by atoms with E-state index in [0.29, 0.717) is 18.3 Å². The highest BCUT2D eigenvalue weighted by Gasteiger charge is 2.17. The van der Waals surface area contributed by atoms with Crippen LogP contribution >= 0.6 is 0 Å². The fourth-order valence-corrected chi connectivity index (χ4v) is 1.59. The lowest BCUT2D eigenvalue weighted by Gasteiger charge is -2.04. The second kappa shape index (κ2) is 6.69. The van der Waals surface area contributed by atoms with E-state index in [9.17, 15) is 4.79 Å². The summed E-state index contributed by atoms with van der Waals surface area (Å²) in [5.41, 5.74) is 6.04. The van der Waals surface area contributed by atoms with Crippen molar-refractivity contribution in [1.29, 1.82) is 0 Å². The first-order chi connectivity index (χ1) is 10.2. The van der Waals surface area contributed by atoms with E-state index in [1.165, 1.54) is 23.3 Å². The summed E-state index contributed by atoms with van der Waals surface area (Å²) in [4.78, 5) is 20.0. The van der Waals surface area contributed by atoms with Crippen LogP contribution in [0.25, 0.3) is 5.82 Å². The molecule has 0 radical (unpaired) electrons. The molecule has 21 heavy (non-hydrogen) atoms. The molecule has 2 heterocycles. The number of nitrogen functional groups attached to an aromatic ring is 1. The van der Waals surface area contributed by atoms with Crippen LogP contribution in [0.5, 0.6) is 5.88 Å². The highest BCUT2D eigenvalue weighted by Crippen LogP contribution is 2.15. The minimum absolute atomic E-state index is 0.0542. The highest BCUT2D eigenvalue weighted by molar-refractivity contribution is 5.92. The Balaban J connectivity index is 2.26. The van der Waals surface area contributed by atoms with E-state index < -0.39 is 5.97 Å². The molecule has 8 nitrogen and oxygen atoms in total. The number of hydrogen-bond acceptors (Lipinski definition) is 7. The lowest BCUT2D eigenvalue weighted by atomic mass is 10.4. The van der Waals surface area contributed by atoms with Crippen molar-refractivity contribution in [3.8, 4) is 11.7 Å². The molecule has 0 fully saturated rings. The Bertz CT molecular complexity index is 626. The van der Waals surface area contributed by atoms with Crippen LogP contribution in [0.4, 0.5) is 5.69 Å². The number of hydrogen-bond donors (Lipinski definition) is 1. The van der Waals surface area contributed by atoms with Crippen LogP contribution in [0.2, 0.25) is 0 Å². The predicted octanol–water partition coefficient (Wildman–Crippen LogP) is 1.21. The summed E-state index contributed by atoms with van der Waals surface area (Å²) >= 11 is 0. The molecule has 2 rings (SSSR count). The third-order valence-corrected chi connectivity index (χ3v) is 2.50. The minimum Gasteiger partial charge on any atom is -0.477 e. The van der Waals surface area contributed by atoms with E-state index in [1.807, 2.05) is 6.92 Å². The molecule has 2 aromatic heterocycles. The van der Waals surface area contributed by atoms with E-state index >= 15 is 0 Å². The normalized spacial score (nSPS) is 10.4. The summed E-state index contributed by atoms with van der Waals surface area (Å²) in [7, 11) is 0. The maximum atomic E-state index is 11.7. The van der Waals surface area contributed by atoms with Crippen molar-refractivity contribution in [2.24, 2.45) is 0 Å². The number of carbonyl (C=O) groups excluding carboxylic acids is 1. The third-order valence-electron chi connectivity index (χ3n) is 2.50. The van der Waals surface area contributed by atoms with Crippen LogP contribution in [0.15, 0.2) is 18.6 Å². The van der Waals surface area contributed by atoms with Gasteiger partial charge in [-0.15, -0.1) is 0 Å². The van der Waals surface area contributed by atoms with Gasteiger partial charge in [0.05, 0.1) is 37.5 Å². The smallest absolute Gasteiger partial charge is 0.361 e. The van der Waals surface area contributed by atoms with Gasteiger partial charge in [-0.05, 0) is 13.3 Å². The fourth-order valence-electron chi connectivity index (χ4n) is 1.59. The fraction of sp³-hybridized carbons (Fsp3) is 0.385. The molecule has 0 atom stereocenters. The van der Waals surface area contributed by atoms with Crippen LogP contribution < -0.4 is 10.5 Å². The highest BCUT2D eigenvalue weighted by atomic mass is 16.5. The molecular formula is C13H17N5O3. The van der Waals surface area contributed by atoms with E-state index in [4.69, 9.17) is 15.2 Å². The van der Waals surface area contributed by atoms with E-state index in [2.05, 4.69) is 15.1 Å². The maximum Gasteiger partial charge on any atom is 0.361 e. The molecule has 0 spiro atoms. The Kier molecular flexibility index (Phi) is 4.70. The molecule has 0 saturated heterocycles. The lowest BCUT2D eigenvalue weighted by Crippen LogP contribution is -2.09. The van der Waals surface area contributed by atoms with Gasteiger partial charge in [0, 0.05) is 0 Å². The molecule has 0 aliphatic rings. The van der Waals surface area contributed by atoms with E-state index in [0.717, 1.165) is 6.42 Å². The van der Waals surface area contributed by atoms with Crippen molar-refractivity contribution in [2.75, 3.05) is 18.9 Å². The monoisotopic (exact) mass is 291 g/mol. The number of nitrogens with two attached hydrogens (primary N) is 1. The van der Waals surface area contributed by atoms with Gasteiger partial charge in [-0.1, -0.05) is 6.92 Å². The Morgan fingerprint density at radius 3 is 2.90 bits per heavy atom. The Labute approximate surface area is 121 Å². The molecular weight excluding hydrogens is 274 g/mol. The number of rotatable bonds is 6. The van der Waals surface area contributed by atoms with Crippen LogP contribution in [0.1, 0.15) is 30.8 Å². The molecule has 0 bridgehead atoms. The average molecular weight is 291 g/mol. The van der Waals surface area contributed by atoms with Gasteiger partial charge in [0.2, 0.25) is 5.88 Å². The Hall–Kier alpha value is -2.64. The summed E-state index contributed by atoms with van der Waals surface area (Å²) in [5.74, 6) is 0.229. The van der Waals surface area contributed by atoms with Gasteiger partial charge in [0.1, 0.15) is 0 Å². The van der Waals surface area contributed by atoms with Gasteiger partial charge < -0.3 is 15.2 Å². The van der Waals surface area contributed by atoms with Crippen LogP contribution in [-0.4, -0.2) is 38.9 Å². The molecule has 0 unspecified atom stereocenters. The lowest BCUT2D eigenvalue weighted by molar-refractivity contribution is 0.0520. The molecule has 2 aromatic rings. The topological polar surface area (TPSA) is 105 Å². The average Bonchev–Trinajstić information content (AvgIpc) is 2.88. The Morgan fingerprint density at radius 1 is 1.38 bits per heavy atom. The zero-order chi connectivity index (χ0) is 15.2. The van der Waals surface area contributed by atoms with Crippen molar-refractivity contribution in [1.82, 2.24) is 19.7 Å². The molecule has 112 valence electrons. The van der Waals surface area contributed by atoms with Gasteiger partial charge in [0.25, 0.3) is 0 Å². The molecule has 0 amide bonds. The summed E-state index contributed by atoms with van der Waals surface area (Å²) < 4.78 is 11.7. The van der Waals surface area contributed by atoms with Crippen molar-refractivity contribution in [3.05, 3.63) is 24.3 Å². The molecule has 0 aliphatic carbocycles. The second-order valence-electron chi connectivity index (χ2n) is 4.16. The van der Waals surface area contributed by atoms with Gasteiger partial charge in [-0.3, -0.25) is 4.98 Å². The molecule has 0 aromatic carbocycles. The first kappa shape index (κ1) is 14.8. The standard InChI is InChI=1S/C13H17N5O3/c1-3-5-21-11-7-15-6-10(16-11)18-8-9(14)12(17-18)13(19)20-4-2/h6-8H,3-5,14H2,1-2H3. The van der Waals surface area contributed by atoms with Gasteiger partial charge >= 0.3 is 5.97 Å². The summed E-state index contributed by atoms with van der Waals surface area (Å²) in [6.07, 6.45) is 5.37. The molecule has 8 heteroatoms. The third kappa shape index (κ3) is 3.47. The first-order valence-electron chi connectivity index (χ1n) is 6.63. The summed E-state index contributed by atoms with van der Waals surface area (Å²) in [5, 5.41) is 4.08. The summed E-state index contributed by atoms with van der Waals surface area (Å²) in [6, 6.07) is 0. The maximum absolute atomic E-state index is 11.7. The van der Waals surface area contributed by atoms with Crippen molar-refractivity contribution >= 4 is 11.7 Å². The zero-order valence-electron chi connectivity index (χ0n) is 11.9. The predicted molar refractivity (Wildman–Crippen MR) is 75.3 cm³/mol. The second-order valence-corrected chi connectivity index (χ2v) is 4.16. The zero-order valence-corrected chi connectivity index (χ0v) is 11.9. The number of aromatic nitrogens is 4. The SMILES string of the molecule is CCCOc1cncc(-n2cc(N)c(C(=O)OCC)n2)n1. The van der Waals surface area contributed by atoms with Gasteiger partial charge in [0.15, 0.2) is 11.5 Å². The van der Waals surface area contributed by atoms with Crippen molar-refractivity contribution < 1.29 is 14.3 Å². The number of nitrogens with zero attached hydrogens (tertiary/aromatic N) is 4. The molecule has 2 N–H and O–H groups in total. The van der Waals surface area contributed by atoms with Crippen molar-refractivity contribution in [2.45, 2.75) is 20.3 Å². The van der Waals surface area contributed by atoms with E-state index in [1.54, 1.807) is 6.92 Å². The number of anilines is 1. The molecule has 0 aliphatic heterocycles. The quantitative estimate of drug-likeness (QED) is 0.797. The van der Waals surface area contributed by atoms with Gasteiger partial charge in [-0.25, -0.2) is 9.48 Å². The van der Waals surface area contributed by atoms with Crippen LogP contribution in [0.3, 0.4) is 0 Å².